The Balaban J connectivity index is 1.53. The highest BCUT2D eigenvalue weighted by Gasteiger charge is 2.35. The van der Waals surface area contributed by atoms with Crippen LogP contribution >= 0.6 is 11.3 Å². The number of methoxy groups -OCH3 is 1. The quantitative estimate of drug-likeness (QED) is 0.549. The van der Waals surface area contributed by atoms with Crippen LogP contribution < -0.4 is 4.74 Å². The van der Waals surface area contributed by atoms with E-state index in [4.69, 9.17) is 4.74 Å². The minimum atomic E-state index is 0.0169. The Morgan fingerprint density at radius 1 is 1.21 bits per heavy atom. The van der Waals surface area contributed by atoms with Gasteiger partial charge in [-0.05, 0) is 76.7 Å². The first-order valence-corrected chi connectivity index (χ1v) is 10.7. The average molecular weight is 391 g/mol. The van der Waals surface area contributed by atoms with E-state index in [0.717, 1.165) is 37.2 Å². The predicted octanol–water partition coefficient (Wildman–Crippen LogP) is 4.47. The molecule has 1 N–H and O–H groups in total. The second-order valence-electron chi connectivity index (χ2n) is 7.83. The molecule has 4 nitrogen and oxygen atoms in total. The van der Waals surface area contributed by atoms with Crippen LogP contribution in [0.2, 0.25) is 0 Å². The number of fused-ring (bicyclic) bond motifs is 7. The van der Waals surface area contributed by atoms with Gasteiger partial charge in [-0.3, -0.25) is 4.90 Å². The topological polar surface area (TPSA) is 37.6 Å². The number of ether oxygens (including phenoxy) is 1. The molecule has 0 aliphatic carbocycles. The predicted molar refractivity (Wildman–Crippen MR) is 113 cm³/mol. The van der Waals surface area contributed by atoms with Crippen LogP contribution in [-0.4, -0.2) is 28.2 Å². The van der Waals surface area contributed by atoms with Gasteiger partial charge in [0.05, 0.1) is 12.6 Å². The van der Waals surface area contributed by atoms with Crippen molar-refractivity contribution in [1.82, 2.24) is 9.47 Å². The van der Waals surface area contributed by atoms with Gasteiger partial charge < -0.3 is 14.4 Å². The number of thiophene rings is 1. The van der Waals surface area contributed by atoms with Crippen LogP contribution in [0.15, 0.2) is 41.8 Å². The monoisotopic (exact) mass is 390 g/mol. The van der Waals surface area contributed by atoms with E-state index >= 15 is 0 Å². The minimum Gasteiger partial charge on any atom is -0.497 e. The van der Waals surface area contributed by atoms with Gasteiger partial charge in [0.25, 0.3) is 0 Å². The summed E-state index contributed by atoms with van der Waals surface area (Å²) in [5.41, 5.74) is 6.70. The van der Waals surface area contributed by atoms with E-state index in [1.165, 1.54) is 37.9 Å². The molecule has 0 amide bonds. The minimum absolute atomic E-state index is 0.0169. The first-order valence-electron chi connectivity index (χ1n) is 9.79. The van der Waals surface area contributed by atoms with Gasteiger partial charge in [0, 0.05) is 34.9 Å². The first-order chi connectivity index (χ1) is 13.8. The summed E-state index contributed by atoms with van der Waals surface area (Å²) in [6.07, 6.45) is 2.08. The molecular weight excluding hydrogens is 368 g/mol. The normalized spacial score (nSPS) is 18.9. The summed E-state index contributed by atoms with van der Waals surface area (Å²) in [6, 6.07) is 13.6. The standard InChI is InChI=1S/C23H22N2O2S/c1-27-16-2-3-20-18(9-16)19-10-21-17-11-23-15(5-7-28-23)8-14(17)4-6-24(21)12-22(19)25(20)13-26/h2-3,5,7-9,11,21,26H,4,6,10,12-13H2,1H3. The fourth-order valence-corrected chi connectivity index (χ4v) is 6.00. The van der Waals surface area contributed by atoms with Crippen LogP contribution in [0.3, 0.4) is 0 Å². The molecule has 4 heterocycles. The lowest BCUT2D eigenvalue weighted by atomic mass is 9.85. The van der Waals surface area contributed by atoms with E-state index in [2.05, 4.69) is 45.2 Å². The molecule has 0 spiro atoms. The maximum atomic E-state index is 10.1. The van der Waals surface area contributed by atoms with Crippen molar-refractivity contribution < 1.29 is 9.84 Å². The summed E-state index contributed by atoms with van der Waals surface area (Å²) in [4.78, 5) is 2.59. The first kappa shape index (κ1) is 16.6. The molecular formula is C23H22N2O2S. The van der Waals surface area contributed by atoms with Gasteiger partial charge in [-0.2, -0.15) is 0 Å². The molecule has 2 aromatic heterocycles. The summed E-state index contributed by atoms with van der Waals surface area (Å²) in [7, 11) is 1.71. The molecule has 28 heavy (non-hydrogen) atoms. The number of aromatic nitrogens is 1. The summed E-state index contributed by atoms with van der Waals surface area (Å²) in [5, 5.41) is 14.8. The number of benzene rings is 2. The van der Waals surface area contributed by atoms with E-state index in [0.29, 0.717) is 6.04 Å². The van der Waals surface area contributed by atoms with Crippen LogP contribution in [0.25, 0.3) is 21.0 Å². The molecule has 2 aliphatic heterocycles. The maximum Gasteiger partial charge on any atom is 0.120 e. The molecule has 6 rings (SSSR count). The van der Waals surface area contributed by atoms with Crippen LogP contribution in [0.5, 0.6) is 5.75 Å². The zero-order chi connectivity index (χ0) is 18.8. The van der Waals surface area contributed by atoms with E-state index in [1.54, 1.807) is 7.11 Å². The molecule has 0 saturated carbocycles. The fourth-order valence-electron chi connectivity index (χ4n) is 5.18. The van der Waals surface area contributed by atoms with Crippen molar-refractivity contribution in [2.45, 2.75) is 32.2 Å². The van der Waals surface area contributed by atoms with Gasteiger partial charge in [-0.1, -0.05) is 0 Å². The summed E-state index contributed by atoms with van der Waals surface area (Å²) in [5.74, 6) is 0.872. The van der Waals surface area contributed by atoms with Crippen LogP contribution in [0.1, 0.15) is 28.4 Å². The maximum absolute atomic E-state index is 10.1. The Labute approximate surface area is 167 Å². The van der Waals surface area contributed by atoms with Gasteiger partial charge in [0.15, 0.2) is 0 Å². The van der Waals surface area contributed by atoms with E-state index in [-0.39, 0.29) is 6.73 Å². The molecule has 0 saturated heterocycles. The Morgan fingerprint density at radius 3 is 3.00 bits per heavy atom. The second kappa shape index (κ2) is 6.08. The van der Waals surface area contributed by atoms with Crippen molar-refractivity contribution in [2.24, 2.45) is 0 Å². The SMILES string of the molecule is COc1ccc2c(c1)c1c(n2CO)CN2CCc3cc4ccsc4cc3C2C1. The highest BCUT2D eigenvalue weighted by molar-refractivity contribution is 7.17. The Bertz CT molecular complexity index is 1220. The fraction of sp³-hybridized carbons (Fsp3) is 0.304. The number of hydrogen-bond acceptors (Lipinski definition) is 4. The zero-order valence-electron chi connectivity index (χ0n) is 15.8. The molecule has 0 radical (unpaired) electrons. The van der Waals surface area contributed by atoms with Crippen molar-refractivity contribution in [3.05, 3.63) is 64.2 Å². The van der Waals surface area contributed by atoms with E-state index < -0.39 is 0 Å². The lowest BCUT2D eigenvalue weighted by Crippen LogP contribution is -2.39. The van der Waals surface area contributed by atoms with Crippen molar-refractivity contribution in [3.63, 3.8) is 0 Å². The molecule has 1 unspecified atom stereocenters. The zero-order valence-corrected chi connectivity index (χ0v) is 16.6. The summed E-state index contributed by atoms with van der Waals surface area (Å²) < 4.78 is 8.93. The highest BCUT2D eigenvalue weighted by Crippen LogP contribution is 2.43. The highest BCUT2D eigenvalue weighted by atomic mass is 32.1. The lowest BCUT2D eigenvalue weighted by Gasteiger charge is -2.41. The van der Waals surface area contributed by atoms with E-state index in [9.17, 15) is 5.11 Å². The summed E-state index contributed by atoms with van der Waals surface area (Å²) in [6.45, 7) is 1.98. The Kier molecular flexibility index (Phi) is 3.60. The number of nitrogens with zero attached hydrogens (tertiary/aromatic N) is 2. The van der Waals surface area contributed by atoms with Gasteiger partial charge in [-0.25, -0.2) is 0 Å². The largest absolute Gasteiger partial charge is 0.497 e. The number of aliphatic hydroxyl groups excluding tert-OH is 1. The Hall–Kier alpha value is -2.34. The van der Waals surface area contributed by atoms with Crippen molar-refractivity contribution >= 4 is 32.3 Å². The molecule has 142 valence electrons. The number of hydrogen-bond donors (Lipinski definition) is 1. The molecule has 0 bridgehead atoms. The van der Waals surface area contributed by atoms with Gasteiger partial charge in [-0.15, -0.1) is 11.3 Å². The molecule has 4 aromatic rings. The Morgan fingerprint density at radius 2 is 2.14 bits per heavy atom. The van der Waals surface area contributed by atoms with Crippen LogP contribution in [-0.2, 0) is 26.1 Å². The number of aliphatic hydroxyl groups is 1. The third-order valence-corrected chi connectivity index (χ3v) is 7.45. The van der Waals surface area contributed by atoms with Crippen molar-refractivity contribution in [2.75, 3.05) is 13.7 Å². The van der Waals surface area contributed by atoms with Crippen molar-refractivity contribution in [1.29, 1.82) is 0 Å². The lowest BCUT2D eigenvalue weighted by molar-refractivity contribution is 0.146. The third kappa shape index (κ3) is 2.24. The molecule has 0 fully saturated rings. The molecule has 2 aliphatic rings. The molecule has 5 heteroatoms. The summed E-state index contributed by atoms with van der Waals surface area (Å²) >= 11 is 1.83. The van der Waals surface area contributed by atoms with Crippen molar-refractivity contribution in [3.8, 4) is 5.75 Å². The van der Waals surface area contributed by atoms with Gasteiger partial charge >= 0.3 is 0 Å². The van der Waals surface area contributed by atoms with Gasteiger partial charge in [0.2, 0.25) is 0 Å². The third-order valence-electron chi connectivity index (χ3n) is 6.57. The smallest absolute Gasteiger partial charge is 0.120 e. The molecule has 1 atom stereocenters. The van der Waals surface area contributed by atoms with Crippen LogP contribution in [0.4, 0.5) is 0 Å². The van der Waals surface area contributed by atoms with Gasteiger partial charge in [0.1, 0.15) is 12.5 Å². The number of rotatable bonds is 2. The van der Waals surface area contributed by atoms with Crippen LogP contribution in [0, 0.1) is 0 Å². The average Bonchev–Trinajstić information content (AvgIpc) is 3.31. The molecule has 2 aromatic carbocycles. The van der Waals surface area contributed by atoms with E-state index in [1.807, 2.05) is 17.4 Å². The second-order valence-corrected chi connectivity index (χ2v) is 8.78.